The molecule has 0 radical (unpaired) electrons. The van der Waals surface area contributed by atoms with Crippen LogP contribution in [0.25, 0.3) is 0 Å². The van der Waals surface area contributed by atoms with Crippen molar-refractivity contribution in [3.8, 4) is 0 Å². The largest absolute Gasteiger partial charge is 0.459 e. The van der Waals surface area contributed by atoms with E-state index in [1.165, 1.54) is 6.26 Å². The second kappa shape index (κ2) is 6.76. The van der Waals surface area contributed by atoms with E-state index in [2.05, 4.69) is 10.00 Å². The minimum absolute atomic E-state index is 0.0147. The maximum atomic E-state index is 14.0. The second-order valence-corrected chi connectivity index (χ2v) is 6.48. The molecule has 0 bridgehead atoms. The maximum Gasteiger partial charge on any atom is 0.289 e. The average molecular weight is 334 g/mol. The summed E-state index contributed by atoms with van der Waals surface area (Å²) in [7, 11) is 3.61. The first-order chi connectivity index (χ1) is 11.5. The van der Waals surface area contributed by atoms with Crippen LogP contribution in [0.4, 0.5) is 4.39 Å². The monoisotopic (exact) mass is 334 g/mol. The molecule has 1 aliphatic heterocycles. The number of carbonyl (C=O) groups excluding carboxylic acids is 1. The van der Waals surface area contributed by atoms with Gasteiger partial charge in [-0.05, 0) is 25.5 Å². The summed E-state index contributed by atoms with van der Waals surface area (Å²) in [6.07, 6.45) is 2.82. The van der Waals surface area contributed by atoms with Gasteiger partial charge in [0.15, 0.2) is 5.76 Å². The van der Waals surface area contributed by atoms with Crippen LogP contribution in [0.3, 0.4) is 0 Å². The quantitative estimate of drug-likeness (QED) is 0.839. The minimum atomic E-state index is -0.864. The Bertz CT molecular complexity index is 711. The van der Waals surface area contributed by atoms with E-state index in [0.717, 1.165) is 11.3 Å². The molecule has 0 aliphatic carbocycles. The van der Waals surface area contributed by atoms with Crippen LogP contribution in [0.5, 0.6) is 0 Å². The molecule has 7 heteroatoms. The predicted molar refractivity (Wildman–Crippen MR) is 87.3 cm³/mol. The Kier molecular flexibility index (Phi) is 4.71. The van der Waals surface area contributed by atoms with Crippen molar-refractivity contribution in [2.24, 2.45) is 7.05 Å². The molecule has 130 valence electrons. The van der Waals surface area contributed by atoms with E-state index in [4.69, 9.17) is 4.42 Å². The van der Waals surface area contributed by atoms with Crippen molar-refractivity contribution in [1.29, 1.82) is 0 Å². The number of aromatic nitrogens is 2. The van der Waals surface area contributed by atoms with Gasteiger partial charge in [0.2, 0.25) is 0 Å². The summed E-state index contributed by atoms with van der Waals surface area (Å²) >= 11 is 0. The molecule has 2 aromatic heterocycles. The standard InChI is InChI=1S/C17H23FN4O2/c1-12-5-7-24-16(12)17(23)20(2)10-15-8-13(18)9-22(15)11-14-4-6-19-21(14)3/h4-7,13,15H,8-11H2,1-3H3/t13-,15-/m0/s1. The number of halogens is 1. The van der Waals surface area contributed by atoms with Crippen molar-refractivity contribution in [2.45, 2.75) is 32.1 Å². The zero-order valence-electron chi connectivity index (χ0n) is 14.3. The highest BCUT2D eigenvalue weighted by Gasteiger charge is 2.34. The van der Waals surface area contributed by atoms with E-state index >= 15 is 0 Å². The van der Waals surface area contributed by atoms with Crippen molar-refractivity contribution in [3.63, 3.8) is 0 Å². The van der Waals surface area contributed by atoms with Gasteiger partial charge in [0.1, 0.15) is 6.17 Å². The predicted octanol–water partition coefficient (Wildman–Crippen LogP) is 2.01. The summed E-state index contributed by atoms with van der Waals surface area (Å²) in [5.41, 5.74) is 1.85. The maximum absolute atomic E-state index is 14.0. The molecule has 24 heavy (non-hydrogen) atoms. The Balaban J connectivity index is 1.67. The molecule has 6 nitrogen and oxygen atoms in total. The molecule has 1 amide bonds. The molecule has 1 saturated heterocycles. The first-order valence-corrected chi connectivity index (χ1v) is 8.10. The van der Waals surface area contributed by atoms with Gasteiger partial charge in [0, 0.05) is 51.5 Å². The SMILES string of the molecule is Cc1ccoc1C(=O)N(C)C[C@@H]1C[C@H](F)CN1Cc1ccnn1C. The number of likely N-dealkylation sites (N-methyl/N-ethyl adjacent to an activating group) is 1. The lowest BCUT2D eigenvalue weighted by Crippen LogP contribution is -2.41. The molecule has 2 atom stereocenters. The smallest absolute Gasteiger partial charge is 0.289 e. The van der Waals surface area contributed by atoms with E-state index in [1.807, 2.05) is 20.0 Å². The van der Waals surface area contributed by atoms with Gasteiger partial charge in [-0.15, -0.1) is 0 Å². The topological polar surface area (TPSA) is 54.5 Å². The van der Waals surface area contributed by atoms with Crippen molar-refractivity contribution in [2.75, 3.05) is 20.1 Å². The molecule has 1 aliphatic rings. The third-order valence-electron chi connectivity index (χ3n) is 4.65. The van der Waals surface area contributed by atoms with Crippen LogP contribution in [0.2, 0.25) is 0 Å². The van der Waals surface area contributed by atoms with E-state index in [1.54, 1.807) is 28.9 Å². The van der Waals surface area contributed by atoms with Crippen molar-refractivity contribution < 1.29 is 13.6 Å². The zero-order valence-corrected chi connectivity index (χ0v) is 14.3. The number of hydrogen-bond donors (Lipinski definition) is 0. The summed E-state index contributed by atoms with van der Waals surface area (Å²) in [5.74, 6) is 0.186. The van der Waals surface area contributed by atoms with Crippen LogP contribution in [-0.2, 0) is 13.6 Å². The summed E-state index contributed by atoms with van der Waals surface area (Å²) in [5, 5.41) is 4.15. The highest BCUT2D eigenvalue weighted by molar-refractivity contribution is 5.92. The van der Waals surface area contributed by atoms with Gasteiger partial charge in [-0.1, -0.05) is 0 Å². The Hall–Kier alpha value is -2.15. The third-order valence-corrected chi connectivity index (χ3v) is 4.65. The lowest BCUT2D eigenvalue weighted by atomic mass is 10.2. The average Bonchev–Trinajstić information content (AvgIpc) is 3.22. The number of amides is 1. The van der Waals surface area contributed by atoms with Gasteiger partial charge in [-0.3, -0.25) is 14.4 Å². The number of furan rings is 1. The first kappa shape index (κ1) is 16.7. The van der Waals surface area contributed by atoms with Gasteiger partial charge in [-0.25, -0.2) is 4.39 Å². The van der Waals surface area contributed by atoms with E-state index in [9.17, 15) is 9.18 Å². The highest BCUT2D eigenvalue weighted by atomic mass is 19.1. The normalized spacial score (nSPS) is 21.3. The van der Waals surface area contributed by atoms with Crippen LogP contribution < -0.4 is 0 Å². The van der Waals surface area contributed by atoms with Gasteiger partial charge in [0.05, 0.1) is 12.0 Å². The zero-order chi connectivity index (χ0) is 17.3. The lowest BCUT2D eigenvalue weighted by Gasteiger charge is -2.28. The number of hydrogen-bond acceptors (Lipinski definition) is 4. The van der Waals surface area contributed by atoms with Crippen molar-refractivity contribution in [1.82, 2.24) is 19.6 Å². The summed E-state index contributed by atoms with van der Waals surface area (Å²) in [4.78, 5) is 16.2. The van der Waals surface area contributed by atoms with Crippen molar-refractivity contribution >= 4 is 5.91 Å². The first-order valence-electron chi connectivity index (χ1n) is 8.10. The minimum Gasteiger partial charge on any atom is -0.459 e. The molecule has 0 unspecified atom stereocenters. The number of alkyl halides is 1. The van der Waals surface area contributed by atoms with Crippen LogP contribution in [0, 0.1) is 6.92 Å². The van der Waals surface area contributed by atoms with Crippen LogP contribution in [0.1, 0.15) is 28.2 Å². The number of carbonyl (C=O) groups is 1. The Labute approximate surface area is 140 Å². The van der Waals surface area contributed by atoms with Crippen LogP contribution >= 0.6 is 0 Å². The fourth-order valence-electron chi connectivity index (χ4n) is 3.23. The van der Waals surface area contributed by atoms with E-state index in [-0.39, 0.29) is 11.9 Å². The molecular weight excluding hydrogens is 311 g/mol. The third kappa shape index (κ3) is 3.36. The van der Waals surface area contributed by atoms with E-state index < -0.39 is 6.17 Å². The molecule has 0 N–H and O–H groups in total. The molecule has 3 heterocycles. The number of likely N-dealkylation sites (tertiary alicyclic amines) is 1. The number of nitrogens with zero attached hydrogens (tertiary/aromatic N) is 4. The number of aryl methyl sites for hydroxylation is 2. The van der Waals surface area contributed by atoms with Crippen LogP contribution in [-0.4, -0.2) is 57.8 Å². The highest BCUT2D eigenvalue weighted by Crippen LogP contribution is 2.24. The Morgan fingerprint density at radius 1 is 1.50 bits per heavy atom. The molecule has 1 fully saturated rings. The van der Waals surface area contributed by atoms with Gasteiger partial charge >= 0.3 is 0 Å². The fraction of sp³-hybridized carbons (Fsp3) is 0.529. The van der Waals surface area contributed by atoms with Crippen LogP contribution in [0.15, 0.2) is 29.0 Å². The molecule has 2 aromatic rings. The Morgan fingerprint density at radius 3 is 2.92 bits per heavy atom. The molecule has 0 aromatic carbocycles. The fourth-order valence-corrected chi connectivity index (χ4v) is 3.23. The number of rotatable bonds is 5. The second-order valence-electron chi connectivity index (χ2n) is 6.48. The lowest BCUT2D eigenvalue weighted by molar-refractivity contribution is 0.0716. The molecular formula is C17H23FN4O2. The molecule has 3 rings (SSSR count). The Morgan fingerprint density at radius 2 is 2.29 bits per heavy atom. The summed E-state index contributed by atoms with van der Waals surface area (Å²) < 4.78 is 21.0. The van der Waals surface area contributed by atoms with Gasteiger partial charge in [0.25, 0.3) is 5.91 Å². The van der Waals surface area contributed by atoms with E-state index in [0.29, 0.717) is 31.8 Å². The van der Waals surface area contributed by atoms with Gasteiger partial charge in [-0.2, -0.15) is 5.10 Å². The van der Waals surface area contributed by atoms with Crippen molar-refractivity contribution in [3.05, 3.63) is 41.6 Å². The van der Waals surface area contributed by atoms with Gasteiger partial charge < -0.3 is 9.32 Å². The summed E-state index contributed by atoms with van der Waals surface area (Å²) in [6.45, 7) is 3.32. The molecule has 0 spiro atoms. The molecule has 0 saturated carbocycles. The summed E-state index contributed by atoms with van der Waals surface area (Å²) in [6, 6.07) is 3.69.